The third-order valence-corrected chi connectivity index (χ3v) is 3.03. The van der Waals surface area contributed by atoms with E-state index in [1.54, 1.807) is 0 Å². The molecular weight excluding hydrogens is 212 g/mol. The largest absolute Gasteiger partial charge is 0.298 e. The normalized spacial score (nSPS) is 10.6. The van der Waals surface area contributed by atoms with Crippen LogP contribution in [0.1, 0.15) is 32.7 Å². The van der Waals surface area contributed by atoms with Crippen LogP contribution in [0.25, 0.3) is 11.3 Å². The number of aryl methyl sites for hydroxylation is 4. The van der Waals surface area contributed by atoms with Gasteiger partial charge in [-0.2, -0.15) is 5.10 Å². The van der Waals surface area contributed by atoms with Gasteiger partial charge < -0.3 is 0 Å². The molecule has 0 saturated heterocycles. The second kappa shape index (κ2) is 4.17. The van der Waals surface area contributed by atoms with Gasteiger partial charge in [0.25, 0.3) is 0 Å². The van der Waals surface area contributed by atoms with Crippen molar-refractivity contribution in [3.05, 3.63) is 40.1 Å². The lowest BCUT2D eigenvalue weighted by Gasteiger charge is -2.09. The molecule has 0 aliphatic rings. The molecule has 0 radical (unpaired) electrons. The third kappa shape index (κ3) is 1.88. The molecule has 0 aliphatic carbocycles. The van der Waals surface area contributed by atoms with Gasteiger partial charge in [0, 0.05) is 11.3 Å². The van der Waals surface area contributed by atoms with Gasteiger partial charge in [0.2, 0.25) is 0 Å². The van der Waals surface area contributed by atoms with E-state index in [9.17, 15) is 4.79 Å². The molecular formula is C14H16N2O. The zero-order chi connectivity index (χ0) is 12.6. The van der Waals surface area contributed by atoms with Crippen LogP contribution in [-0.2, 0) is 0 Å². The topological polar surface area (TPSA) is 45.8 Å². The summed E-state index contributed by atoms with van der Waals surface area (Å²) >= 11 is 0. The Hall–Kier alpha value is -1.90. The van der Waals surface area contributed by atoms with Gasteiger partial charge in [-0.05, 0) is 38.8 Å². The van der Waals surface area contributed by atoms with Gasteiger partial charge in [0.15, 0.2) is 6.29 Å². The Balaban J connectivity index is 2.72. The number of aldehydes is 1. The van der Waals surface area contributed by atoms with Crippen LogP contribution in [-0.4, -0.2) is 16.5 Å². The maximum absolute atomic E-state index is 11.1. The van der Waals surface area contributed by atoms with Crippen molar-refractivity contribution in [2.24, 2.45) is 0 Å². The first-order valence-electron chi connectivity index (χ1n) is 5.63. The lowest BCUT2D eigenvalue weighted by molar-refractivity contribution is 0.112. The lowest BCUT2D eigenvalue weighted by atomic mass is 9.95. The van der Waals surface area contributed by atoms with Crippen molar-refractivity contribution in [1.82, 2.24) is 10.2 Å². The minimum Gasteiger partial charge on any atom is -0.298 e. The molecule has 0 fully saturated rings. The molecule has 1 aromatic carbocycles. The maximum Gasteiger partial charge on any atom is 0.154 e. The van der Waals surface area contributed by atoms with Crippen LogP contribution >= 0.6 is 0 Å². The van der Waals surface area contributed by atoms with E-state index in [1.807, 2.05) is 20.8 Å². The lowest BCUT2D eigenvalue weighted by Crippen LogP contribution is -1.93. The van der Waals surface area contributed by atoms with Crippen LogP contribution in [0.15, 0.2) is 12.1 Å². The Labute approximate surface area is 101 Å². The molecule has 1 aromatic heterocycles. The van der Waals surface area contributed by atoms with E-state index >= 15 is 0 Å². The molecule has 3 heteroatoms. The monoisotopic (exact) mass is 228 g/mol. The highest BCUT2D eigenvalue weighted by Crippen LogP contribution is 2.29. The number of aromatic amines is 1. The first-order valence-corrected chi connectivity index (χ1v) is 5.63. The van der Waals surface area contributed by atoms with Crippen molar-refractivity contribution >= 4 is 6.29 Å². The molecule has 1 N–H and O–H groups in total. The third-order valence-electron chi connectivity index (χ3n) is 3.03. The van der Waals surface area contributed by atoms with Crippen LogP contribution in [0.2, 0.25) is 0 Å². The summed E-state index contributed by atoms with van der Waals surface area (Å²) in [5, 5.41) is 7.13. The average Bonchev–Trinajstić information content (AvgIpc) is 2.58. The zero-order valence-corrected chi connectivity index (χ0v) is 10.6. The number of nitrogens with zero attached hydrogens (tertiary/aromatic N) is 1. The molecule has 0 unspecified atom stereocenters. The van der Waals surface area contributed by atoms with Crippen molar-refractivity contribution in [3.63, 3.8) is 0 Å². The van der Waals surface area contributed by atoms with Gasteiger partial charge in [0.05, 0.1) is 5.56 Å². The second-order valence-corrected chi connectivity index (χ2v) is 4.50. The van der Waals surface area contributed by atoms with Crippen LogP contribution in [0, 0.1) is 27.7 Å². The standard InChI is InChI=1S/C14H16N2O/c1-8-5-9(2)13(10(3)6-8)14-12(7-17)11(4)15-16-14/h5-7H,1-4H3,(H,15,16). The van der Waals surface area contributed by atoms with Crippen LogP contribution in [0.3, 0.4) is 0 Å². The molecule has 0 amide bonds. The first-order chi connectivity index (χ1) is 8.04. The highest BCUT2D eigenvalue weighted by Gasteiger charge is 2.15. The minimum atomic E-state index is 0.653. The fourth-order valence-electron chi connectivity index (χ4n) is 2.33. The smallest absolute Gasteiger partial charge is 0.154 e. The predicted molar refractivity (Wildman–Crippen MR) is 68.4 cm³/mol. The molecule has 88 valence electrons. The molecule has 0 aliphatic heterocycles. The Morgan fingerprint density at radius 2 is 1.71 bits per heavy atom. The molecule has 0 spiro atoms. The Morgan fingerprint density at radius 3 is 2.24 bits per heavy atom. The molecule has 0 saturated carbocycles. The first kappa shape index (κ1) is 11.6. The van der Waals surface area contributed by atoms with Crippen LogP contribution in [0.5, 0.6) is 0 Å². The van der Waals surface area contributed by atoms with E-state index in [-0.39, 0.29) is 0 Å². The van der Waals surface area contributed by atoms with Crippen molar-refractivity contribution in [3.8, 4) is 11.3 Å². The summed E-state index contributed by atoms with van der Waals surface area (Å²) in [5.74, 6) is 0. The number of aromatic nitrogens is 2. The van der Waals surface area contributed by atoms with E-state index in [0.717, 1.165) is 34.4 Å². The Kier molecular flexibility index (Phi) is 2.84. The SMILES string of the molecule is Cc1cc(C)c(-c2n[nH]c(C)c2C=O)c(C)c1. The molecule has 1 heterocycles. The van der Waals surface area contributed by atoms with Crippen molar-refractivity contribution in [2.45, 2.75) is 27.7 Å². The molecule has 0 atom stereocenters. The Bertz CT molecular complexity index is 559. The summed E-state index contributed by atoms with van der Waals surface area (Å²) in [7, 11) is 0. The van der Waals surface area contributed by atoms with Gasteiger partial charge in [-0.15, -0.1) is 0 Å². The van der Waals surface area contributed by atoms with Gasteiger partial charge in [-0.1, -0.05) is 17.7 Å². The Morgan fingerprint density at radius 1 is 1.12 bits per heavy atom. The zero-order valence-electron chi connectivity index (χ0n) is 10.6. The van der Waals surface area contributed by atoms with Gasteiger partial charge >= 0.3 is 0 Å². The van der Waals surface area contributed by atoms with Crippen LogP contribution in [0.4, 0.5) is 0 Å². The number of hydrogen-bond donors (Lipinski definition) is 1. The number of carbonyl (C=O) groups excluding carboxylic acids is 1. The number of rotatable bonds is 2. The van der Waals surface area contributed by atoms with Crippen molar-refractivity contribution in [2.75, 3.05) is 0 Å². The molecule has 2 rings (SSSR count). The van der Waals surface area contributed by atoms with Crippen LogP contribution < -0.4 is 0 Å². The molecule has 2 aromatic rings. The molecule has 3 nitrogen and oxygen atoms in total. The molecule has 17 heavy (non-hydrogen) atoms. The van der Waals surface area contributed by atoms with Gasteiger partial charge in [0.1, 0.15) is 5.69 Å². The van der Waals surface area contributed by atoms with E-state index < -0.39 is 0 Å². The van der Waals surface area contributed by atoms with Gasteiger partial charge in [-0.3, -0.25) is 9.89 Å². The number of nitrogens with one attached hydrogen (secondary N) is 1. The minimum absolute atomic E-state index is 0.653. The maximum atomic E-state index is 11.1. The summed E-state index contributed by atoms with van der Waals surface area (Å²) < 4.78 is 0. The summed E-state index contributed by atoms with van der Waals surface area (Å²) in [6, 6.07) is 4.22. The highest BCUT2D eigenvalue weighted by atomic mass is 16.1. The number of carbonyl (C=O) groups is 1. The molecule has 0 bridgehead atoms. The van der Waals surface area contributed by atoms with Crippen molar-refractivity contribution < 1.29 is 4.79 Å². The highest BCUT2D eigenvalue weighted by molar-refractivity contribution is 5.88. The quantitative estimate of drug-likeness (QED) is 0.803. The summed E-state index contributed by atoms with van der Waals surface area (Å²) in [6.45, 7) is 8.03. The van der Waals surface area contributed by atoms with Gasteiger partial charge in [-0.25, -0.2) is 0 Å². The van der Waals surface area contributed by atoms with E-state index in [4.69, 9.17) is 0 Å². The number of hydrogen-bond acceptors (Lipinski definition) is 2. The summed E-state index contributed by atoms with van der Waals surface area (Å²) in [5.41, 5.74) is 6.81. The predicted octanol–water partition coefficient (Wildman–Crippen LogP) is 3.12. The second-order valence-electron chi connectivity index (χ2n) is 4.50. The van der Waals surface area contributed by atoms with E-state index in [2.05, 4.69) is 29.3 Å². The average molecular weight is 228 g/mol. The number of benzene rings is 1. The number of H-pyrrole nitrogens is 1. The van der Waals surface area contributed by atoms with Crippen molar-refractivity contribution in [1.29, 1.82) is 0 Å². The van der Waals surface area contributed by atoms with E-state index in [1.165, 1.54) is 5.56 Å². The summed E-state index contributed by atoms with van der Waals surface area (Å²) in [6.07, 6.45) is 0.868. The fraction of sp³-hybridized carbons (Fsp3) is 0.286. The summed E-state index contributed by atoms with van der Waals surface area (Å²) in [4.78, 5) is 11.1. The van der Waals surface area contributed by atoms with E-state index in [0.29, 0.717) is 5.56 Å². The fourth-order valence-corrected chi connectivity index (χ4v) is 2.33.